The zero-order valence-corrected chi connectivity index (χ0v) is 10.7. The second kappa shape index (κ2) is 5.60. The minimum atomic E-state index is -0.587. The van der Waals surface area contributed by atoms with E-state index in [1.165, 1.54) is 35.1 Å². The summed E-state index contributed by atoms with van der Waals surface area (Å²) in [6.45, 7) is 1.51. The summed E-state index contributed by atoms with van der Waals surface area (Å²) >= 11 is 0. The molecule has 0 aliphatic heterocycles. The number of Topliss-reactive ketones (excluding diaryl/α,β-unsaturated/α-hetero) is 1. The molecular formula is C13H12FN3O3. The van der Waals surface area contributed by atoms with Crippen molar-refractivity contribution in [3.8, 4) is 0 Å². The molecule has 0 aliphatic rings. The molecule has 0 atom stereocenters. The highest BCUT2D eigenvalue weighted by Crippen LogP contribution is 2.14. The van der Waals surface area contributed by atoms with E-state index in [2.05, 4.69) is 5.10 Å². The first-order valence-electron chi connectivity index (χ1n) is 5.90. The van der Waals surface area contributed by atoms with Crippen LogP contribution < -0.4 is 0 Å². The molecule has 0 radical (unpaired) electrons. The van der Waals surface area contributed by atoms with Crippen molar-refractivity contribution in [1.82, 2.24) is 9.78 Å². The Bertz CT molecular complexity index is 649. The average Bonchev–Trinajstić information content (AvgIpc) is 2.73. The number of hydrogen-bond acceptors (Lipinski definition) is 4. The maximum Gasteiger partial charge on any atom is 0.392 e. The Hall–Kier alpha value is -2.57. The van der Waals surface area contributed by atoms with Crippen LogP contribution in [0, 0.1) is 22.9 Å². The minimum Gasteiger partial charge on any atom is -0.358 e. The van der Waals surface area contributed by atoms with Crippen LogP contribution in [-0.2, 0) is 17.8 Å². The predicted octanol–water partition coefficient (Wildman–Crippen LogP) is 2.05. The van der Waals surface area contributed by atoms with Gasteiger partial charge in [-0.05, 0) is 29.5 Å². The number of carbonyl (C=O) groups excluding carboxylic acids is 1. The summed E-state index contributed by atoms with van der Waals surface area (Å²) in [5, 5.41) is 14.4. The molecule has 1 aromatic carbocycles. The summed E-state index contributed by atoms with van der Waals surface area (Å²) in [6.07, 6.45) is 1.59. The molecule has 1 aromatic heterocycles. The lowest BCUT2D eigenvalue weighted by Gasteiger charge is -1.99. The fourth-order valence-corrected chi connectivity index (χ4v) is 1.84. The second-order valence-corrected chi connectivity index (χ2v) is 4.43. The molecular weight excluding hydrogens is 265 g/mol. The number of ketones is 1. The largest absolute Gasteiger partial charge is 0.392 e. The van der Waals surface area contributed by atoms with Crippen LogP contribution in [-0.4, -0.2) is 20.5 Å². The summed E-state index contributed by atoms with van der Waals surface area (Å²) in [6, 6.07) is 5.63. The number of nitrogens with zero attached hydrogens (tertiary/aromatic N) is 3. The van der Waals surface area contributed by atoms with Crippen molar-refractivity contribution in [3.63, 3.8) is 0 Å². The third-order valence-electron chi connectivity index (χ3n) is 2.74. The lowest BCUT2D eigenvalue weighted by atomic mass is 10.1. The molecule has 6 nitrogen and oxygen atoms in total. The molecule has 7 heteroatoms. The van der Waals surface area contributed by atoms with Crippen LogP contribution in [0.15, 0.2) is 30.5 Å². The summed E-state index contributed by atoms with van der Waals surface area (Å²) in [7, 11) is 0. The molecule has 104 valence electrons. The van der Waals surface area contributed by atoms with Gasteiger partial charge >= 0.3 is 5.82 Å². The fraction of sp³-hybridized carbons (Fsp3) is 0.231. The minimum absolute atomic E-state index is 0.0495. The van der Waals surface area contributed by atoms with E-state index in [1.807, 2.05) is 0 Å². The topological polar surface area (TPSA) is 78.0 Å². The maximum absolute atomic E-state index is 12.7. The Morgan fingerprint density at radius 3 is 2.60 bits per heavy atom. The number of carbonyl (C=O) groups is 1. The number of aryl methyl sites for hydroxylation is 1. The third-order valence-corrected chi connectivity index (χ3v) is 2.74. The first kappa shape index (κ1) is 13.9. The van der Waals surface area contributed by atoms with Crippen molar-refractivity contribution >= 4 is 11.6 Å². The zero-order valence-electron chi connectivity index (χ0n) is 10.7. The summed E-state index contributed by atoms with van der Waals surface area (Å²) in [5.74, 6) is -0.770. The van der Waals surface area contributed by atoms with Crippen molar-refractivity contribution in [2.75, 3.05) is 0 Å². The molecule has 0 aliphatic carbocycles. The van der Waals surface area contributed by atoms with E-state index in [9.17, 15) is 19.3 Å². The number of benzene rings is 1. The number of hydrogen-bond donors (Lipinski definition) is 0. The molecule has 0 N–H and O–H groups in total. The van der Waals surface area contributed by atoms with Gasteiger partial charge in [-0.3, -0.25) is 4.79 Å². The van der Waals surface area contributed by atoms with E-state index in [0.29, 0.717) is 11.1 Å². The van der Waals surface area contributed by atoms with Gasteiger partial charge in [0.1, 0.15) is 12.4 Å². The molecule has 0 fully saturated rings. The Kier molecular flexibility index (Phi) is 3.88. The monoisotopic (exact) mass is 277 g/mol. The summed E-state index contributed by atoms with van der Waals surface area (Å²) in [5.41, 5.74) is 1.10. The van der Waals surface area contributed by atoms with Crippen molar-refractivity contribution < 1.29 is 14.1 Å². The van der Waals surface area contributed by atoms with E-state index < -0.39 is 4.92 Å². The molecule has 0 bridgehead atoms. The summed E-state index contributed by atoms with van der Waals surface area (Å²) < 4.78 is 14.0. The van der Waals surface area contributed by atoms with Crippen LogP contribution in [0.2, 0.25) is 0 Å². The molecule has 1 heterocycles. The number of rotatable bonds is 5. The molecule has 2 aromatic rings. The predicted molar refractivity (Wildman–Crippen MR) is 68.7 cm³/mol. The van der Waals surface area contributed by atoms with Crippen LogP contribution in [0.5, 0.6) is 0 Å². The summed E-state index contributed by atoms with van der Waals surface area (Å²) in [4.78, 5) is 21.9. The number of aromatic nitrogens is 2. The van der Waals surface area contributed by atoms with Crippen molar-refractivity contribution in [2.45, 2.75) is 19.9 Å². The van der Waals surface area contributed by atoms with Gasteiger partial charge in [-0.25, -0.2) is 4.39 Å². The van der Waals surface area contributed by atoms with Gasteiger partial charge in [-0.15, -0.1) is 0 Å². The zero-order chi connectivity index (χ0) is 14.7. The molecule has 0 unspecified atom stereocenters. The van der Waals surface area contributed by atoms with Gasteiger partial charge in [-0.2, -0.15) is 4.68 Å². The molecule has 0 saturated heterocycles. The van der Waals surface area contributed by atoms with E-state index in [1.54, 1.807) is 6.92 Å². The van der Waals surface area contributed by atoms with Crippen LogP contribution in [0.1, 0.15) is 11.1 Å². The normalized spacial score (nSPS) is 10.5. The Balaban J connectivity index is 2.03. The number of halogens is 1. The van der Waals surface area contributed by atoms with E-state index in [0.717, 1.165) is 0 Å². The SMILES string of the molecule is Cc1cn(CC(=O)Cc2ccc(F)cc2)nc1[N+](=O)[O-]. The van der Waals surface area contributed by atoms with Crippen molar-refractivity contribution in [2.24, 2.45) is 0 Å². The van der Waals surface area contributed by atoms with Gasteiger partial charge < -0.3 is 10.1 Å². The molecule has 2 rings (SSSR count). The van der Waals surface area contributed by atoms with Crippen molar-refractivity contribution in [1.29, 1.82) is 0 Å². The van der Waals surface area contributed by atoms with Gasteiger partial charge in [-0.1, -0.05) is 12.1 Å². The van der Waals surface area contributed by atoms with Crippen LogP contribution in [0.4, 0.5) is 10.2 Å². The Morgan fingerprint density at radius 2 is 2.05 bits per heavy atom. The highest BCUT2D eigenvalue weighted by atomic mass is 19.1. The first-order valence-corrected chi connectivity index (χ1v) is 5.90. The third kappa shape index (κ3) is 3.25. The van der Waals surface area contributed by atoms with Crippen LogP contribution in [0.25, 0.3) is 0 Å². The van der Waals surface area contributed by atoms with Gasteiger partial charge in [0.05, 0.1) is 16.9 Å². The second-order valence-electron chi connectivity index (χ2n) is 4.43. The lowest BCUT2D eigenvalue weighted by Crippen LogP contribution is -2.13. The standard InChI is InChI=1S/C13H12FN3O3/c1-9-7-16(15-13(9)17(19)20)8-12(18)6-10-2-4-11(14)5-3-10/h2-5,7H,6,8H2,1H3. The molecule has 0 amide bonds. The van der Waals surface area contributed by atoms with E-state index in [-0.39, 0.29) is 30.4 Å². The number of nitro groups is 1. The Labute approximate surface area is 114 Å². The Morgan fingerprint density at radius 1 is 1.40 bits per heavy atom. The molecule has 0 spiro atoms. The highest BCUT2D eigenvalue weighted by Gasteiger charge is 2.18. The fourth-order valence-electron chi connectivity index (χ4n) is 1.84. The van der Waals surface area contributed by atoms with Gasteiger partial charge in [0.25, 0.3) is 0 Å². The van der Waals surface area contributed by atoms with E-state index >= 15 is 0 Å². The van der Waals surface area contributed by atoms with Gasteiger partial charge in [0.15, 0.2) is 5.78 Å². The van der Waals surface area contributed by atoms with Crippen LogP contribution >= 0.6 is 0 Å². The van der Waals surface area contributed by atoms with Gasteiger partial charge in [0.2, 0.25) is 0 Å². The van der Waals surface area contributed by atoms with E-state index in [4.69, 9.17) is 0 Å². The average molecular weight is 277 g/mol. The molecule has 20 heavy (non-hydrogen) atoms. The quantitative estimate of drug-likeness (QED) is 0.619. The van der Waals surface area contributed by atoms with Crippen LogP contribution in [0.3, 0.4) is 0 Å². The lowest BCUT2D eigenvalue weighted by molar-refractivity contribution is -0.390. The maximum atomic E-state index is 12.7. The highest BCUT2D eigenvalue weighted by molar-refractivity contribution is 5.80. The van der Waals surface area contributed by atoms with Gasteiger partial charge in [0, 0.05) is 6.42 Å². The molecule has 0 saturated carbocycles. The smallest absolute Gasteiger partial charge is 0.358 e. The van der Waals surface area contributed by atoms with Crippen molar-refractivity contribution in [3.05, 3.63) is 57.5 Å². The first-order chi connectivity index (χ1) is 9.45.